The molecule has 0 aliphatic heterocycles. The highest BCUT2D eigenvalue weighted by atomic mass is 32.2. The predicted molar refractivity (Wildman–Crippen MR) is 142 cm³/mol. The molecule has 0 unspecified atom stereocenters. The Hall–Kier alpha value is -2.85. The third kappa shape index (κ3) is 8.06. The monoisotopic (exact) mass is 550 g/mol. The van der Waals surface area contributed by atoms with Crippen molar-refractivity contribution in [3.05, 3.63) is 76.9 Å². The van der Waals surface area contributed by atoms with Crippen LogP contribution in [0.5, 0.6) is 5.75 Å². The zero-order chi connectivity index (χ0) is 27.4. The van der Waals surface area contributed by atoms with E-state index >= 15 is 0 Å². The lowest BCUT2D eigenvalue weighted by Gasteiger charge is -2.17. The fourth-order valence-corrected chi connectivity index (χ4v) is 7.11. The molecule has 3 aromatic rings. The molecule has 198 valence electrons. The number of hydrogen-bond acceptors (Lipinski definition) is 4. The number of nitrogens with zero attached hydrogens (tertiary/aromatic N) is 1. The van der Waals surface area contributed by atoms with Gasteiger partial charge in [0.2, 0.25) is 0 Å². The van der Waals surface area contributed by atoms with Crippen molar-refractivity contribution in [2.24, 2.45) is 0 Å². The molecule has 0 saturated carbocycles. The van der Waals surface area contributed by atoms with Crippen molar-refractivity contribution in [2.45, 2.75) is 50.2 Å². The Labute approximate surface area is 219 Å². The first-order chi connectivity index (χ1) is 17.3. The summed E-state index contributed by atoms with van der Waals surface area (Å²) < 4.78 is 59.8. The second-order valence-electron chi connectivity index (χ2n) is 9.91. The number of pyridine rings is 1. The molecule has 1 amide bonds. The number of carbonyl (C=O) groups excluding carboxylic acids is 1. The van der Waals surface area contributed by atoms with Crippen LogP contribution in [0.1, 0.15) is 27.2 Å². The third-order valence-electron chi connectivity index (χ3n) is 5.63. The number of thioether (sulfide) groups is 1. The Morgan fingerprint density at radius 1 is 1.08 bits per heavy atom. The highest BCUT2D eigenvalue weighted by Gasteiger charge is 2.32. The van der Waals surface area contributed by atoms with Crippen LogP contribution in [-0.4, -0.2) is 31.8 Å². The summed E-state index contributed by atoms with van der Waals surface area (Å²) in [6.45, 7) is 8.42. The summed E-state index contributed by atoms with van der Waals surface area (Å²) >= 11 is 1.33. The minimum Gasteiger partial charge on any atom is -0.496 e. The summed E-state index contributed by atoms with van der Waals surface area (Å²) in [5.41, 5.74) is 1.68. The molecule has 4 nitrogen and oxygen atoms in total. The topological polar surface area (TPSA) is 51.2 Å². The lowest BCUT2D eigenvalue weighted by molar-refractivity contribution is -0.137. The molecule has 0 saturated heterocycles. The molecule has 0 fully saturated rings. The second-order valence-corrected chi connectivity index (χ2v) is 16.7. The number of rotatable bonds is 9. The molecule has 10 heteroatoms. The molecule has 1 heterocycles. The highest BCUT2D eigenvalue weighted by Crippen LogP contribution is 2.35. The Bertz CT molecular complexity index is 1280. The SMILES string of the molecule is COc1cc(F)ccc1-c1cc(C)ncc1CNC(=O)c1cc(SCC[Si](C)(C)C)cc(C(F)(F)F)c1. The summed E-state index contributed by atoms with van der Waals surface area (Å²) in [5, 5.41) is 2.72. The summed E-state index contributed by atoms with van der Waals surface area (Å²) in [4.78, 5) is 17.7. The van der Waals surface area contributed by atoms with Crippen LogP contribution in [0.3, 0.4) is 0 Å². The van der Waals surface area contributed by atoms with Crippen molar-refractivity contribution in [1.82, 2.24) is 10.3 Å². The van der Waals surface area contributed by atoms with Gasteiger partial charge in [-0.05, 0) is 66.2 Å². The molecule has 1 N–H and O–H groups in total. The van der Waals surface area contributed by atoms with Crippen LogP contribution >= 0.6 is 11.8 Å². The number of aryl methyl sites for hydroxylation is 1. The van der Waals surface area contributed by atoms with Crippen LogP contribution in [0, 0.1) is 12.7 Å². The molecule has 0 aliphatic carbocycles. The zero-order valence-corrected chi connectivity index (χ0v) is 23.2. The lowest BCUT2D eigenvalue weighted by Crippen LogP contribution is -2.24. The molecule has 0 radical (unpaired) electrons. The van der Waals surface area contributed by atoms with Crippen molar-refractivity contribution in [1.29, 1.82) is 0 Å². The van der Waals surface area contributed by atoms with E-state index in [0.717, 1.165) is 18.2 Å². The van der Waals surface area contributed by atoms with Crippen LogP contribution < -0.4 is 10.1 Å². The number of halogens is 4. The average molecular weight is 551 g/mol. The molecule has 0 atom stereocenters. The van der Waals surface area contributed by atoms with Gasteiger partial charge in [-0.2, -0.15) is 13.2 Å². The van der Waals surface area contributed by atoms with Crippen LogP contribution in [-0.2, 0) is 12.7 Å². The standard InChI is InChI=1S/C27H30F4N2O2SSi/c1-17-10-24(23-7-6-21(28)14-25(23)35-2)19(15-32-17)16-33-26(34)18-11-20(27(29,30)31)13-22(12-18)36-8-9-37(3,4)5/h6-7,10-15H,8-9,16H2,1-5H3,(H,33,34). The Morgan fingerprint density at radius 2 is 1.81 bits per heavy atom. The highest BCUT2D eigenvalue weighted by molar-refractivity contribution is 7.99. The maximum atomic E-state index is 13.7. The second kappa shape index (κ2) is 11.7. The average Bonchev–Trinajstić information content (AvgIpc) is 2.81. The zero-order valence-electron chi connectivity index (χ0n) is 21.4. The smallest absolute Gasteiger partial charge is 0.416 e. The van der Waals surface area contributed by atoms with Gasteiger partial charge in [0.05, 0.1) is 12.7 Å². The number of benzene rings is 2. The number of amides is 1. The van der Waals surface area contributed by atoms with Gasteiger partial charge in [0.25, 0.3) is 5.91 Å². The lowest BCUT2D eigenvalue weighted by atomic mass is 9.99. The number of ether oxygens (including phenoxy) is 1. The summed E-state index contributed by atoms with van der Waals surface area (Å²) in [6.07, 6.45) is -2.99. The van der Waals surface area contributed by atoms with Crippen molar-refractivity contribution in [2.75, 3.05) is 12.9 Å². The number of nitrogens with one attached hydrogen (secondary N) is 1. The molecule has 0 aliphatic rings. The van der Waals surface area contributed by atoms with Gasteiger partial charge < -0.3 is 10.1 Å². The molecule has 0 bridgehead atoms. The quantitative estimate of drug-likeness (QED) is 0.169. The molecule has 3 rings (SSSR count). The van der Waals surface area contributed by atoms with E-state index in [1.165, 1.54) is 37.1 Å². The molecular weight excluding hydrogens is 520 g/mol. The van der Waals surface area contributed by atoms with E-state index < -0.39 is 31.5 Å². The van der Waals surface area contributed by atoms with Gasteiger partial charge in [0.15, 0.2) is 0 Å². The number of hydrogen-bond donors (Lipinski definition) is 1. The maximum absolute atomic E-state index is 13.7. The van der Waals surface area contributed by atoms with Crippen molar-refractivity contribution in [3.63, 3.8) is 0 Å². The largest absolute Gasteiger partial charge is 0.496 e. The van der Waals surface area contributed by atoms with Crippen LogP contribution in [0.15, 0.2) is 53.6 Å². The molecular formula is C27H30F4N2O2SSi. The van der Waals surface area contributed by atoms with Gasteiger partial charge in [-0.15, -0.1) is 11.8 Å². The fourth-order valence-electron chi connectivity index (χ4n) is 3.60. The van der Waals surface area contributed by atoms with E-state index in [0.29, 0.717) is 38.8 Å². The minimum absolute atomic E-state index is 0.0102. The van der Waals surface area contributed by atoms with Gasteiger partial charge in [0.1, 0.15) is 11.6 Å². The number of methoxy groups -OCH3 is 1. The summed E-state index contributed by atoms with van der Waals surface area (Å²) in [6, 6.07) is 10.3. The van der Waals surface area contributed by atoms with E-state index in [1.54, 1.807) is 25.3 Å². The van der Waals surface area contributed by atoms with Crippen molar-refractivity contribution in [3.8, 4) is 16.9 Å². The van der Waals surface area contributed by atoms with E-state index in [-0.39, 0.29) is 12.1 Å². The van der Waals surface area contributed by atoms with Crippen molar-refractivity contribution < 1.29 is 27.1 Å². The Morgan fingerprint density at radius 3 is 2.46 bits per heavy atom. The molecule has 2 aromatic carbocycles. The van der Waals surface area contributed by atoms with Gasteiger partial charge in [-0.3, -0.25) is 9.78 Å². The number of alkyl halides is 3. The van der Waals surface area contributed by atoms with Crippen LogP contribution in [0.2, 0.25) is 25.7 Å². The van der Waals surface area contributed by atoms with Gasteiger partial charge >= 0.3 is 6.18 Å². The Balaban J connectivity index is 1.87. The normalized spacial score (nSPS) is 11.9. The first-order valence-corrected chi connectivity index (χ1v) is 16.4. The van der Waals surface area contributed by atoms with Crippen LogP contribution in [0.25, 0.3) is 11.1 Å². The maximum Gasteiger partial charge on any atom is 0.416 e. The molecule has 37 heavy (non-hydrogen) atoms. The van der Waals surface area contributed by atoms with Crippen molar-refractivity contribution >= 4 is 25.7 Å². The predicted octanol–water partition coefficient (Wildman–Crippen LogP) is 7.58. The van der Waals surface area contributed by atoms with E-state index in [1.807, 2.05) is 0 Å². The van der Waals surface area contributed by atoms with E-state index in [9.17, 15) is 22.4 Å². The molecule has 1 aromatic heterocycles. The number of aromatic nitrogens is 1. The first-order valence-electron chi connectivity index (χ1n) is 11.7. The first kappa shape index (κ1) is 28.7. The summed E-state index contributed by atoms with van der Waals surface area (Å²) in [7, 11) is 0.0787. The Kier molecular flexibility index (Phi) is 9.07. The summed E-state index contributed by atoms with van der Waals surface area (Å²) in [5.74, 6) is -0.0771. The van der Waals surface area contributed by atoms with Gasteiger partial charge in [-0.25, -0.2) is 4.39 Å². The fraction of sp³-hybridized carbons (Fsp3) is 0.333. The minimum atomic E-state index is -4.57. The number of carbonyl (C=O) groups is 1. The molecule has 0 spiro atoms. The third-order valence-corrected chi connectivity index (χ3v) is 8.72. The van der Waals surface area contributed by atoms with Gasteiger partial charge in [0, 0.05) is 48.6 Å². The van der Waals surface area contributed by atoms with Gasteiger partial charge in [-0.1, -0.05) is 19.6 Å². The van der Waals surface area contributed by atoms with E-state index in [4.69, 9.17) is 4.74 Å². The van der Waals surface area contributed by atoms with E-state index in [2.05, 4.69) is 29.9 Å². The van der Waals surface area contributed by atoms with Crippen LogP contribution in [0.4, 0.5) is 17.6 Å².